The van der Waals surface area contributed by atoms with Crippen molar-refractivity contribution in [3.05, 3.63) is 27.5 Å². The Kier molecular flexibility index (Phi) is 4.36. The second-order valence-corrected chi connectivity index (χ2v) is 7.18. The van der Waals surface area contributed by atoms with Crippen molar-refractivity contribution in [1.29, 1.82) is 0 Å². The Balaban J connectivity index is 2.36. The number of fused-ring (bicyclic) bond motifs is 1. The van der Waals surface area contributed by atoms with Gasteiger partial charge in [-0.1, -0.05) is 22.0 Å². The second-order valence-electron chi connectivity index (χ2n) is 5.27. The Morgan fingerprint density at radius 1 is 1.50 bits per heavy atom. The van der Waals surface area contributed by atoms with E-state index < -0.39 is 5.54 Å². The molecule has 0 fully saturated rings. The molecule has 20 heavy (non-hydrogen) atoms. The summed E-state index contributed by atoms with van der Waals surface area (Å²) in [5.41, 5.74) is 6.13. The highest BCUT2D eigenvalue weighted by Crippen LogP contribution is 2.38. The van der Waals surface area contributed by atoms with Gasteiger partial charge in [0.25, 0.3) is 5.91 Å². The Hall–Kier alpha value is -1.11. The van der Waals surface area contributed by atoms with Crippen LogP contribution in [0.3, 0.4) is 0 Å². The molecule has 2 rings (SSSR count). The topological polar surface area (TPSA) is 75.3 Å². The molecule has 108 valence electrons. The van der Waals surface area contributed by atoms with E-state index in [-0.39, 0.29) is 12.5 Å². The molecule has 0 saturated heterocycles. The number of aliphatic hydroxyl groups excluding tert-OH is 1. The molecule has 0 radical (unpaired) electrons. The number of nitrogen functional groups attached to an aromatic ring is 1. The summed E-state index contributed by atoms with van der Waals surface area (Å²) in [5.74, 6) is -0.200. The molecule has 6 heteroatoms. The SMILES string of the molecule is CC(C)(CCO)NC(=O)c1sc2cccc(Br)c2c1N. The minimum atomic E-state index is -0.467. The lowest BCUT2D eigenvalue weighted by atomic mass is 10.0. The number of halogens is 1. The molecule has 4 N–H and O–H groups in total. The van der Waals surface area contributed by atoms with Crippen molar-refractivity contribution < 1.29 is 9.90 Å². The highest BCUT2D eigenvalue weighted by atomic mass is 79.9. The van der Waals surface area contributed by atoms with Gasteiger partial charge in [0.2, 0.25) is 0 Å². The predicted octanol–water partition coefficient (Wildman–Crippen LogP) is 3.14. The van der Waals surface area contributed by atoms with E-state index in [2.05, 4.69) is 21.2 Å². The van der Waals surface area contributed by atoms with Gasteiger partial charge in [-0.05, 0) is 32.4 Å². The number of thiophene rings is 1. The van der Waals surface area contributed by atoms with Crippen LogP contribution >= 0.6 is 27.3 Å². The molecule has 1 heterocycles. The fraction of sp³-hybridized carbons (Fsp3) is 0.357. The number of benzene rings is 1. The summed E-state index contributed by atoms with van der Waals surface area (Å²) in [5, 5.41) is 12.8. The number of nitrogens with two attached hydrogens (primary N) is 1. The summed E-state index contributed by atoms with van der Waals surface area (Å²) >= 11 is 4.83. The maximum Gasteiger partial charge on any atom is 0.263 e. The number of nitrogens with one attached hydrogen (secondary N) is 1. The summed E-state index contributed by atoms with van der Waals surface area (Å²) in [6, 6.07) is 5.76. The largest absolute Gasteiger partial charge is 0.397 e. The van der Waals surface area contributed by atoms with E-state index in [0.29, 0.717) is 17.0 Å². The Labute approximate surface area is 130 Å². The van der Waals surface area contributed by atoms with E-state index in [1.165, 1.54) is 11.3 Å². The van der Waals surface area contributed by atoms with Crippen molar-refractivity contribution in [2.24, 2.45) is 0 Å². The summed E-state index contributed by atoms with van der Waals surface area (Å²) in [6.07, 6.45) is 0.493. The van der Waals surface area contributed by atoms with Crippen LogP contribution in [0.15, 0.2) is 22.7 Å². The van der Waals surface area contributed by atoms with Crippen molar-refractivity contribution in [3.8, 4) is 0 Å². The normalized spacial score (nSPS) is 11.8. The van der Waals surface area contributed by atoms with E-state index >= 15 is 0 Å². The van der Waals surface area contributed by atoms with Crippen LogP contribution in [0, 0.1) is 0 Å². The van der Waals surface area contributed by atoms with Gasteiger partial charge < -0.3 is 16.2 Å². The van der Waals surface area contributed by atoms with Crippen LogP contribution in [0.5, 0.6) is 0 Å². The average molecular weight is 357 g/mol. The van der Waals surface area contributed by atoms with Crippen molar-refractivity contribution in [2.45, 2.75) is 25.8 Å². The smallest absolute Gasteiger partial charge is 0.263 e. The first-order valence-electron chi connectivity index (χ1n) is 6.25. The van der Waals surface area contributed by atoms with E-state index in [0.717, 1.165) is 14.6 Å². The van der Waals surface area contributed by atoms with Crippen molar-refractivity contribution in [1.82, 2.24) is 5.32 Å². The standard InChI is InChI=1S/C14H17BrN2O2S/c1-14(2,6-7-18)17-13(19)12-11(16)10-8(15)4-3-5-9(10)20-12/h3-5,18H,6-7,16H2,1-2H3,(H,17,19). The molecule has 0 aliphatic heterocycles. The van der Waals surface area contributed by atoms with Crippen molar-refractivity contribution >= 4 is 48.9 Å². The van der Waals surface area contributed by atoms with Crippen molar-refractivity contribution in [2.75, 3.05) is 12.3 Å². The van der Waals surface area contributed by atoms with Gasteiger partial charge in [0, 0.05) is 26.7 Å². The van der Waals surface area contributed by atoms with Gasteiger partial charge in [0.1, 0.15) is 4.88 Å². The zero-order valence-electron chi connectivity index (χ0n) is 11.4. The molecule has 0 aliphatic carbocycles. The number of anilines is 1. The van der Waals surface area contributed by atoms with Crippen LogP contribution in [-0.2, 0) is 0 Å². The Morgan fingerprint density at radius 2 is 2.20 bits per heavy atom. The van der Waals surface area contributed by atoms with Gasteiger partial charge >= 0.3 is 0 Å². The average Bonchev–Trinajstić information content (AvgIpc) is 2.67. The third-order valence-electron chi connectivity index (χ3n) is 3.10. The highest BCUT2D eigenvalue weighted by Gasteiger charge is 2.24. The second kappa shape index (κ2) is 5.71. The maximum absolute atomic E-state index is 12.4. The Bertz CT molecular complexity index is 652. The van der Waals surface area contributed by atoms with Crippen LogP contribution in [0.25, 0.3) is 10.1 Å². The third kappa shape index (κ3) is 2.97. The quantitative estimate of drug-likeness (QED) is 0.787. The van der Waals surface area contributed by atoms with Crippen LogP contribution in [0.2, 0.25) is 0 Å². The molecule has 0 unspecified atom stereocenters. The van der Waals surface area contributed by atoms with Gasteiger partial charge in [0.05, 0.1) is 5.69 Å². The minimum Gasteiger partial charge on any atom is -0.397 e. The fourth-order valence-electron chi connectivity index (χ4n) is 2.00. The van der Waals surface area contributed by atoms with Crippen LogP contribution < -0.4 is 11.1 Å². The van der Waals surface area contributed by atoms with Crippen LogP contribution in [-0.4, -0.2) is 23.2 Å². The van der Waals surface area contributed by atoms with Crippen LogP contribution in [0.4, 0.5) is 5.69 Å². The molecule has 1 aromatic carbocycles. The van der Waals surface area contributed by atoms with E-state index in [9.17, 15) is 4.79 Å². The van der Waals surface area contributed by atoms with Gasteiger partial charge in [-0.3, -0.25) is 4.79 Å². The minimum absolute atomic E-state index is 0.0285. The molecule has 4 nitrogen and oxygen atoms in total. The monoisotopic (exact) mass is 356 g/mol. The Morgan fingerprint density at radius 3 is 2.80 bits per heavy atom. The zero-order chi connectivity index (χ0) is 14.9. The van der Waals surface area contributed by atoms with Gasteiger partial charge in [-0.15, -0.1) is 11.3 Å². The first kappa shape index (κ1) is 15.3. The predicted molar refractivity (Wildman–Crippen MR) is 87.2 cm³/mol. The zero-order valence-corrected chi connectivity index (χ0v) is 13.8. The number of carbonyl (C=O) groups is 1. The molecular weight excluding hydrogens is 340 g/mol. The molecule has 0 bridgehead atoms. The first-order chi connectivity index (χ1) is 9.35. The van der Waals surface area contributed by atoms with Crippen molar-refractivity contribution in [3.63, 3.8) is 0 Å². The molecule has 0 spiro atoms. The number of aliphatic hydroxyl groups is 1. The number of amides is 1. The highest BCUT2D eigenvalue weighted by molar-refractivity contribution is 9.10. The fourth-order valence-corrected chi connectivity index (χ4v) is 3.76. The van der Waals surface area contributed by atoms with Gasteiger partial charge in [-0.25, -0.2) is 0 Å². The number of hydrogen-bond donors (Lipinski definition) is 3. The number of hydrogen-bond acceptors (Lipinski definition) is 4. The molecule has 1 amide bonds. The summed E-state index contributed by atoms with van der Waals surface area (Å²) in [6.45, 7) is 3.78. The number of carbonyl (C=O) groups excluding carboxylic acids is 1. The summed E-state index contributed by atoms with van der Waals surface area (Å²) in [7, 11) is 0. The van der Waals surface area contributed by atoms with E-state index in [1.54, 1.807) is 0 Å². The molecular formula is C14H17BrN2O2S. The first-order valence-corrected chi connectivity index (χ1v) is 7.86. The molecule has 2 aromatic rings. The molecule has 0 atom stereocenters. The molecule has 1 aromatic heterocycles. The molecule has 0 aliphatic rings. The van der Waals surface area contributed by atoms with Crippen LogP contribution in [0.1, 0.15) is 29.9 Å². The maximum atomic E-state index is 12.4. The molecule has 0 saturated carbocycles. The lowest BCUT2D eigenvalue weighted by Gasteiger charge is -2.25. The third-order valence-corrected chi connectivity index (χ3v) is 4.93. The lowest BCUT2D eigenvalue weighted by Crippen LogP contribution is -2.43. The van der Waals surface area contributed by atoms with Gasteiger partial charge in [0.15, 0.2) is 0 Å². The number of rotatable bonds is 4. The lowest BCUT2D eigenvalue weighted by molar-refractivity contribution is 0.0904. The van der Waals surface area contributed by atoms with E-state index in [1.807, 2.05) is 32.0 Å². The van der Waals surface area contributed by atoms with Gasteiger partial charge in [-0.2, -0.15) is 0 Å². The van der Waals surface area contributed by atoms with E-state index in [4.69, 9.17) is 10.8 Å². The summed E-state index contributed by atoms with van der Waals surface area (Å²) in [4.78, 5) is 12.9. The summed E-state index contributed by atoms with van der Waals surface area (Å²) < 4.78 is 1.86.